The Morgan fingerprint density at radius 2 is 2.00 bits per heavy atom. The van der Waals surface area contributed by atoms with Crippen LogP contribution in [0, 0.1) is 5.41 Å². The molecule has 1 aromatic carbocycles. The number of methoxy groups -OCH3 is 1. The number of carbonyl (C=O) groups excluding carboxylic acids is 1. The van der Waals surface area contributed by atoms with E-state index in [1.807, 2.05) is 18.2 Å². The van der Waals surface area contributed by atoms with Crippen molar-refractivity contribution in [3.63, 3.8) is 0 Å². The second kappa shape index (κ2) is 4.98. The van der Waals surface area contributed by atoms with Crippen molar-refractivity contribution in [2.24, 2.45) is 5.41 Å². The number of allylic oxidation sites excluding steroid dienone is 2. The van der Waals surface area contributed by atoms with Crippen molar-refractivity contribution in [1.82, 2.24) is 0 Å². The smallest absolute Gasteiger partial charge is 0.199 e. The van der Waals surface area contributed by atoms with Crippen molar-refractivity contribution in [3.05, 3.63) is 35.1 Å². The number of benzene rings is 1. The standard InChI is InChI=1S/C20H22O3/c1-20(2)10-4-5-13-15(20)7-8-16(21)19-18(13)14-11-12(22-3)6-9-17(14)23-19/h6,9,11H,4-5,7-8,10H2,1-3H3. The second-order valence-corrected chi connectivity index (χ2v) is 7.29. The third-order valence-corrected chi connectivity index (χ3v) is 5.46. The lowest BCUT2D eigenvalue weighted by Gasteiger charge is -2.34. The zero-order valence-corrected chi connectivity index (χ0v) is 14.0. The number of hydrogen-bond donors (Lipinski definition) is 0. The molecule has 0 saturated carbocycles. The number of carbonyl (C=O) groups is 1. The summed E-state index contributed by atoms with van der Waals surface area (Å²) in [5.41, 5.74) is 4.76. The zero-order chi connectivity index (χ0) is 16.2. The SMILES string of the molecule is COc1ccc2oc3c(c2c1)C1=C(CCC3=O)C(C)(C)CCC1. The maximum absolute atomic E-state index is 12.6. The summed E-state index contributed by atoms with van der Waals surface area (Å²) in [4.78, 5) is 12.6. The summed E-state index contributed by atoms with van der Waals surface area (Å²) in [5, 5.41) is 1.01. The van der Waals surface area contributed by atoms with Crippen LogP contribution in [0.1, 0.15) is 62.1 Å². The van der Waals surface area contributed by atoms with E-state index in [1.54, 1.807) is 7.11 Å². The minimum absolute atomic E-state index is 0.125. The first-order valence-electron chi connectivity index (χ1n) is 8.38. The molecule has 3 nitrogen and oxygen atoms in total. The summed E-state index contributed by atoms with van der Waals surface area (Å²) in [7, 11) is 1.67. The van der Waals surface area contributed by atoms with Crippen molar-refractivity contribution in [2.45, 2.75) is 46.0 Å². The van der Waals surface area contributed by atoms with Gasteiger partial charge in [0, 0.05) is 17.4 Å². The van der Waals surface area contributed by atoms with Crippen molar-refractivity contribution in [1.29, 1.82) is 0 Å². The molecule has 0 bridgehead atoms. The van der Waals surface area contributed by atoms with Gasteiger partial charge in [-0.3, -0.25) is 4.79 Å². The Hall–Kier alpha value is -2.03. The van der Waals surface area contributed by atoms with E-state index in [9.17, 15) is 4.79 Å². The van der Waals surface area contributed by atoms with Crippen LogP contribution in [0.25, 0.3) is 16.5 Å². The third-order valence-electron chi connectivity index (χ3n) is 5.46. The first-order valence-corrected chi connectivity index (χ1v) is 8.38. The maximum Gasteiger partial charge on any atom is 0.199 e. The summed E-state index contributed by atoms with van der Waals surface area (Å²) in [5.74, 6) is 1.48. The fourth-order valence-corrected chi connectivity index (χ4v) is 4.23. The van der Waals surface area contributed by atoms with Crippen molar-refractivity contribution in [2.75, 3.05) is 7.11 Å². The molecule has 3 heteroatoms. The Balaban J connectivity index is 2.06. The van der Waals surface area contributed by atoms with Crippen LogP contribution in [0.5, 0.6) is 5.75 Å². The van der Waals surface area contributed by atoms with E-state index < -0.39 is 0 Å². The van der Waals surface area contributed by atoms with Gasteiger partial charge in [-0.15, -0.1) is 0 Å². The van der Waals surface area contributed by atoms with E-state index in [2.05, 4.69) is 13.8 Å². The van der Waals surface area contributed by atoms with Gasteiger partial charge in [-0.2, -0.15) is 0 Å². The second-order valence-electron chi connectivity index (χ2n) is 7.29. The maximum atomic E-state index is 12.6. The quantitative estimate of drug-likeness (QED) is 0.709. The van der Waals surface area contributed by atoms with Crippen LogP contribution in [0.4, 0.5) is 0 Å². The number of rotatable bonds is 1. The topological polar surface area (TPSA) is 39.4 Å². The Morgan fingerprint density at radius 3 is 2.78 bits per heavy atom. The highest BCUT2D eigenvalue weighted by molar-refractivity contribution is 6.07. The van der Waals surface area contributed by atoms with E-state index in [1.165, 1.54) is 17.6 Å². The van der Waals surface area contributed by atoms with Gasteiger partial charge in [-0.25, -0.2) is 0 Å². The number of fused-ring (bicyclic) bond motifs is 4. The molecule has 23 heavy (non-hydrogen) atoms. The molecular weight excluding hydrogens is 288 g/mol. The molecule has 0 fully saturated rings. The Morgan fingerprint density at radius 1 is 1.17 bits per heavy atom. The van der Waals surface area contributed by atoms with Crippen molar-refractivity contribution in [3.8, 4) is 5.75 Å². The van der Waals surface area contributed by atoms with E-state index in [0.717, 1.165) is 41.5 Å². The molecule has 2 aromatic rings. The average molecular weight is 310 g/mol. The number of furan rings is 1. The van der Waals surface area contributed by atoms with Crippen LogP contribution < -0.4 is 4.74 Å². The molecule has 0 radical (unpaired) electrons. The number of hydrogen-bond acceptors (Lipinski definition) is 3. The Bertz CT molecular complexity index is 836. The molecule has 2 aliphatic carbocycles. The third kappa shape index (κ3) is 2.13. The van der Waals surface area contributed by atoms with Crippen LogP contribution in [-0.2, 0) is 0 Å². The van der Waals surface area contributed by atoms with Gasteiger partial charge >= 0.3 is 0 Å². The van der Waals surface area contributed by atoms with E-state index in [-0.39, 0.29) is 11.2 Å². The lowest BCUT2D eigenvalue weighted by atomic mass is 9.70. The minimum Gasteiger partial charge on any atom is -0.497 e. The highest BCUT2D eigenvalue weighted by Gasteiger charge is 2.36. The summed E-state index contributed by atoms with van der Waals surface area (Å²) in [6.07, 6.45) is 4.79. The molecule has 0 saturated heterocycles. The first-order chi connectivity index (χ1) is 11.0. The molecule has 0 aliphatic heterocycles. The molecule has 0 atom stereocenters. The van der Waals surface area contributed by atoms with E-state index in [0.29, 0.717) is 12.2 Å². The largest absolute Gasteiger partial charge is 0.497 e. The van der Waals surface area contributed by atoms with Gasteiger partial charge in [-0.1, -0.05) is 19.4 Å². The Labute approximate surface area is 136 Å². The lowest BCUT2D eigenvalue weighted by molar-refractivity contribution is 0.0957. The van der Waals surface area contributed by atoms with E-state index >= 15 is 0 Å². The average Bonchev–Trinajstić information content (AvgIpc) is 2.84. The summed E-state index contributed by atoms with van der Waals surface area (Å²) in [6.45, 7) is 4.61. The summed E-state index contributed by atoms with van der Waals surface area (Å²) < 4.78 is 11.3. The van der Waals surface area contributed by atoms with Crippen LogP contribution in [-0.4, -0.2) is 12.9 Å². The Kier molecular flexibility index (Phi) is 3.15. The fraction of sp³-hybridized carbons (Fsp3) is 0.450. The molecular formula is C20H22O3. The van der Waals surface area contributed by atoms with Gasteiger partial charge in [0.25, 0.3) is 0 Å². The first kappa shape index (κ1) is 14.6. The van der Waals surface area contributed by atoms with Gasteiger partial charge in [0.05, 0.1) is 7.11 Å². The lowest BCUT2D eigenvalue weighted by Crippen LogP contribution is -2.20. The normalized spacial score (nSPS) is 20.2. The molecule has 0 unspecified atom stereocenters. The van der Waals surface area contributed by atoms with Gasteiger partial charge in [0.2, 0.25) is 0 Å². The van der Waals surface area contributed by atoms with Crippen LogP contribution >= 0.6 is 0 Å². The molecule has 0 amide bonds. The van der Waals surface area contributed by atoms with Gasteiger partial charge < -0.3 is 9.15 Å². The highest BCUT2D eigenvalue weighted by Crippen LogP contribution is 2.50. The predicted octanol–water partition coefficient (Wildman–Crippen LogP) is 5.38. The number of Topliss-reactive ketones (excluding diaryl/α,β-unsaturated/α-hetero) is 1. The number of ketones is 1. The molecule has 0 spiro atoms. The molecule has 2 aliphatic rings. The minimum atomic E-state index is 0.125. The number of ether oxygens (including phenoxy) is 1. The van der Waals surface area contributed by atoms with Crippen molar-refractivity contribution >= 4 is 22.3 Å². The van der Waals surface area contributed by atoms with Gasteiger partial charge in [0.15, 0.2) is 11.5 Å². The molecule has 0 N–H and O–H groups in total. The summed E-state index contributed by atoms with van der Waals surface area (Å²) in [6, 6.07) is 5.79. The highest BCUT2D eigenvalue weighted by atomic mass is 16.5. The van der Waals surface area contributed by atoms with Crippen molar-refractivity contribution < 1.29 is 13.9 Å². The van der Waals surface area contributed by atoms with Crippen LogP contribution in [0.15, 0.2) is 28.2 Å². The fourth-order valence-electron chi connectivity index (χ4n) is 4.23. The van der Waals surface area contributed by atoms with Gasteiger partial charge in [0.1, 0.15) is 11.3 Å². The summed E-state index contributed by atoms with van der Waals surface area (Å²) >= 11 is 0. The monoisotopic (exact) mass is 310 g/mol. The molecule has 1 heterocycles. The van der Waals surface area contributed by atoms with Crippen LogP contribution in [0.3, 0.4) is 0 Å². The molecule has 120 valence electrons. The predicted molar refractivity (Wildman–Crippen MR) is 90.9 cm³/mol. The van der Waals surface area contributed by atoms with Gasteiger partial charge in [-0.05, 0) is 54.9 Å². The van der Waals surface area contributed by atoms with Crippen LogP contribution in [0.2, 0.25) is 0 Å². The zero-order valence-electron chi connectivity index (χ0n) is 14.0. The molecule has 1 aromatic heterocycles. The molecule has 4 rings (SSSR count). The van der Waals surface area contributed by atoms with E-state index in [4.69, 9.17) is 9.15 Å².